The lowest BCUT2D eigenvalue weighted by molar-refractivity contribution is 0.256. The Balaban J connectivity index is 2.12. The van der Waals surface area contributed by atoms with Gasteiger partial charge >= 0.3 is 0 Å². The van der Waals surface area contributed by atoms with Crippen molar-refractivity contribution in [3.8, 4) is 6.07 Å². The van der Waals surface area contributed by atoms with Crippen LogP contribution in [0.2, 0.25) is 0 Å². The minimum Gasteiger partial charge on any atom is -0.395 e. The maximum absolute atomic E-state index is 12.2. The average molecular weight is 322 g/mol. The first-order valence-corrected chi connectivity index (χ1v) is 8.52. The summed E-state index contributed by atoms with van der Waals surface area (Å²) < 4.78 is 26.9. The van der Waals surface area contributed by atoms with Crippen molar-refractivity contribution in [3.05, 3.63) is 52.9 Å². The van der Waals surface area contributed by atoms with Gasteiger partial charge in [0.1, 0.15) is 15.2 Å². The number of hydrogen-bond donors (Lipinski definition) is 2. The molecule has 1 aromatic heterocycles. The van der Waals surface area contributed by atoms with Gasteiger partial charge < -0.3 is 5.11 Å². The highest BCUT2D eigenvalue weighted by Gasteiger charge is 2.21. The van der Waals surface area contributed by atoms with Gasteiger partial charge in [-0.25, -0.2) is 13.1 Å². The summed E-state index contributed by atoms with van der Waals surface area (Å²) in [5, 5.41) is 18.1. The number of thiophene rings is 1. The number of aliphatic hydroxyl groups excluding tert-OH is 1. The third-order valence-corrected chi connectivity index (χ3v) is 5.83. The Morgan fingerprint density at radius 1 is 1.24 bits per heavy atom. The summed E-state index contributed by atoms with van der Waals surface area (Å²) in [6, 6.07) is 13.5. The highest BCUT2D eigenvalue weighted by atomic mass is 32.2. The van der Waals surface area contributed by atoms with E-state index in [4.69, 9.17) is 5.26 Å². The van der Waals surface area contributed by atoms with Gasteiger partial charge in [-0.15, -0.1) is 11.3 Å². The molecule has 1 heterocycles. The Kier molecular flexibility index (Phi) is 5.09. The number of hydrogen-bond acceptors (Lipinski definition) is 5. The molecule has 0 aliphatic carbocycles. The molecule has 0 bridgehead atoms. The second-order valence-electron chi connectivity index (χ2n) is 4.42. The third-order valence-electron chi connectivity index (χ3n) is 2.82. The zero-order chi connectivity index (χ0) is 15.3. The molecule has 1 aromatic carbocycles. The molecule has 2 N–H and O–H groups in total. The van der Waals surface area contributed by atoms with Crippen molar-refractivity contribution in [1.82, 2.24) is 4.72 Å². The second kappa shape index (κ2) is 6.83. The standard InChI is InChI=1S/C14H14N2O3S2/c15-9-13-6-7-14(20-13)21(18,19)16-12(10-17)8-11-4-2-1-3-5-11/h1-7,12,16-17H,8,10H2/t12-/m1/s1. The van der Waals surface area contributed by atoms with E-state index in [0.29, 0.717) is 11.3 Å². The summed E-state index contributed by atoms with van der Waals surface area (Å²) in [5.41, 5.74) is 0.933. The summed E-state index contributed by atoms with van der Waals surface area (Å²) in [5.74, 6) is 0. The number of sulfonamides is 1. The topological polar surface area (TPSA) is 90.2 Å². The second-order valence-corrected chi connectivity index (χ2v) is 7.45. The Hall–Kier alpha value is -1.72. The van der Waals surface area contributed by atoms with Crippen molar-refractivity contribution in [2.45, 2.75) is 16.7 Å². The van der Waals surface area contributed by atoms with Gasteiger partial charge in [0.15, 0.2) is 0 Å². The number of rotatable bonds is 6. The van der Waals surface area contributed by atoms with E-state index in [0.717, 1.165) is 16.9 Å². The van der Waals surface area contributed by atoms with Crippen LogP contribution in [0.15, 0.2) is 46.7 Å². The van der Waals surface area contributed by atoms with Crippen LogP contribution in [-0.2, 0) is 16.4 Å². The molecule has 1 atom stereocenters. The quantitative estimate of drug-likeness (QED) is 0.843. The van der Waals surface area contributed by atoms with Crippen LogP contribution in [0.3, 0.4) is 0 Å². The van der Waals surface area contributed by atoms with Gasteiger partial charge in [-0.3, -0.25) is 0 Å². The minimum absolute atomic E-state index is 0.0746. The molecule has 21 heavy (non-hydrogen) atoms. The van der Waals surface area contributed by atoms with E-state index in [-0.39, 0.29) is 10.8 Å². The fourth-order valence-corrected chi connectivity index (χ4v) is 4.19. The first kappa shape index (κ1) is 15.7. The van der Waals surface area contributed by atoms with Crippen molar-refractivity contribution in [1.29, 1.82) is 5.26 Å². The Bertz CT molecular complexity index is 733. The van der Waals surface area contributed by atoms with Gasteiger partial charge in [0, 0.05) is 6.04 Å². The van der Waals surface area contributed by atoms with Crippen molar-refractivity contribution in [2.24, 2.45) is 0 Å². The Labute approximate surface area is 127 Å². The highest BCUT2D eigenvalue weighted by molar-refractivity contribution is 7.91. The number of nitrogens with one attached hydrogen (secondary N) is 1. The molecule has 7 heteroatoms. The summed E-state index contributed by atoms with van der Waals surface area (Å²) in [4.78, 5) is 0.332. The van der Waals surface area contributed by atoms with Crippen molar-refractivity contribution >= 4 is 21.4 Å². The lowest BCUT2D eigenvalue weighted by Gasteiger charge is -2.15. The molecule has 0 saturated heterocycles. The molecule has 0 saturated carbocycles. The van der Waals surface area contributed by atoms with Crippen LogP contribution in [0.25, 0.3) is 0 Å². The molecule has 0 unspecified atom stereocenters. The zero-order valence-electron chi connectivity index (χ0n) is 11.1. The van der Waals surface area contributed by atoms with E-state index in [9.17, 15) is 13.5 Å². The molecule has 5 nitrogen and oxygen atoms in total. The molecule has 0 radical (unpaired) electrons. The molecule has 0 aliphatic rings. The van der Waals surface area contributed by atoms with Crippen molar-refractivity contribution in [2.75, 3.05) is 6.61 Å². The van der Waals surface area contributed by atoms with E-state index < -0.39 is 16.1 Å². The number of aliphatic hydroxyl groups is 1. The van der Waals surface area contributed by atoms with Crippen LogP contribution in [-0.4, -0.2) is 26.2 Å². The maximum Gasteiger partial charge on any atom is 0.250 e. The molecule has 0 aliphatic heterocycles. The largest absolute Gasteiger partial charge is 0.395 e. The lowest BCUT2D eigenvalue weighted by atomic mass is 10.1. The van der Waals surface area contributed by atoms with E-state index in [2.05, 4.69) is 4.72 Å². The van der Waals surface area contributed by atoms with Crippen LogP contribution in [0, 0.1) is 11.3 Å². The number of nitrogens with zero attached hydrogens (tertiary/aromatic N) is 1. The van der Waals surface area contributed by atoms with Gasteiger partial charge in [0.25, 0.3) is 0 Å². The average Bonchev–Trinajstić information content (AvgIpc) is 2.97. The van der Waals surface area contributed by atoms with Crippen LogP contribution in [0.1, 0.15) is 10.4 Å². The maximum atomic E-state index is 12.2. The molecule has 0 fully saturated rings. The Morgan fingerprint density at radius 2 is 1.95 bits per heavy atom. The summed E-state index contributed by atoms with van der Waals surface area (Å²) in [6.07, 6.45) is 0.396. The predicted molar refractivity (Wildman–Crippen MR) is 80.4 cm³/mol. The van der Waals surface area contributed by atoms with E-state index >= 15 is 0 Å². The van der Waals surface area contributed by atoms with Crippen molar-refractivity contribution in [3.63, 3.8) is 0 Å². The highest BCUT2D eigenvalue weighted by Crippen LogP contribution is 2.21. The van der Waals surface area contributed by atoms with E-state index in [1.54, 1.807) is 0 Å². The van der Waals surface area contributed by atoms with Crippen LogP contribution >= 0.6 is 11.3 Å². The summed E-state index contributed by atoms with van der Waals surface area (Å²) in [6.45, 7) is -0.301. The Morgan fingerprint density at radius 3 is 2.52 bits per heavy atom. The molecule has 2 aromatic rings. The smallest absolute Gasteiger partial charge is 0.250 e. The fourth-order valence-electron chi connectivity index (χ4n) is 1.84. The normalized spacial score (nSPS) is 12.8. The molecular weight excluding hydrogens is 308 g/mol. The first-order chi connectivity index (χ1) is 10.0. The summed E-state index contributed by atoms with van der Waals surface area (Å²) in [7, 11) is -3.72. The van der Waals surface area contributed by atoms with Crippen molar-refractivity contribution < 1.29 is 13.5 Å². The lowest BCUT2D eigenvalue weighted by Crippen LogP contribution is -2.38. The van der Waals surface area contributed by atoms with Crippen LogP contribution in [0.4, 0.5) is 0 Å². The minimum atomic E-state index is -3.72. The molecule has 0 amide bonds. The van der Waals surface area contributed by atoms with Crippen LogP contribution < -0.4 is 4.72 Å². The van der Waals surface area contributed by atoms with E-state index in [1.807, 2.05) is 36.4 Å². The van der Waals surface area contributed by atoms with Crippen LogP contribution in [0.5, 0.6) is 0 Å². The van der Waals surface area contributed by atoms with Gasteiger partial charge in [0.2, 0.25) is 10.0 Å². The first-order valence-electron chi connectivity index (χ1n) is 6.22. The van der Waals surface area contributed by atoms with Gasteiger partial charge in [-0.05, 0) is 24.1 Å². The molecule has 2 rings (SSSR count). The van der Waals surface area contributed by atoms with Gasteiger partial charge in [-0.1, -0.05) is 30.3 Å². The molecule has 110 valence electrons. The monoisotopic (exact) mass is 322 g/mol. The van der Waals surface area contributed by atoms with Gasteiger partial charge in [-0.2, -0.15) is 5.26 Å². The number of nitriles is 1. The predicted octanol–water partition coefficient (Wildman–Crippen LogP) is 1.50. The SMILES string of the molecule is N#Cc1ccc(S(=O)(=O)N[C@@H](CO)Cc2ccccc2)s1. The zero-order valence-corrected chi connectivity index (χ0v) is 12.7. The van der Waals surface area contributed by atoms with Gasteiger partial charge in [0.05, 0.1) is 6.61 Å². The summed E-state index contributed by atoms with van der Waals surface area (Å²) >= 11 is 0.905. The molecule has 0 spiro atoms. The third kappa shape index (κ3) is 4.12. The molecular formula is C14H14N2O3S2. The fraction of sp³-hybridized carbons (Fsp3) is 0.214. The van der Waals surface area contributed by atoms with E-state index in [1.165, 1.54) is 12.1 Å². The number of benzene rings is 1.